The van der Waals surface area contributed by atoms with Gasteiger partial charge >= 0.3 is 5.97 Å². The third-order valence-electron chi connectivity index (χ3n) is 2.14. The maximum atomic E-state index is 11.6. The minimum absolute atomic E-state index is 0.0953. The zero-order valence-corrected chi connectivity index (χ0v) is 12.7. The Balaban J connectivity index is 2.34. The van der Waals surface area contributed by atoms with Crippen LogP contribution >= 0.6 is 34.7 Å². The Labute approximate surface area is 128 Å². The van der Waals surface area contributed by atoms with Crippen LogP contribution < -0.4 is 11.1 Å². The number of thiophene rings is 1. The Kier molecular flexibility index (Phi) is 6.83. The van der Waals surface area contributed by atoms with Gasteiger partial charge in [0, 0.05) is 10.6 Å². The molecule has 0 saturated carbocycles. The van der Waals surface area contributed by atoms with E-state index in [9.17, 15) is 14.4 Å². The maximum Gasteiger partial charge on any atom is 0.326 e. The molecule has 110 valence electrons. The zero-order valence-electron chi connectivity index (χ0n) is 10.3. The van der Waals surface area contributed by atoms with Gasteiger partial charge in [-0.3, -0.25) is 9.59 Å². The summed E-state index contributed by atoms with van der Waals surface area (Å²) in [5.41, 5.74) is 4.92. The van der Waals surface area contributed by atoms with Crippen LogP contribution in [0, 0.1) is 0 Å². The Morgan fingerprint density at radius 3 is 2.65 bits per heavy atom. The van der Waals surface area contributed by atoms with Gasteiger partial charge in [-0.05, 0) is 12.1 Å². The predicted octanol–water partition coefficient (Wildman–Crippen LogP) is 1.08. The molecule has 20 heavy (non-hydrogen) atoms. The number of primary amides is 1. The van der Waals surface area contributed by atoms with Gasteiger partial charge in [0.1, 0.15) is 6.04 Å². The van der Waals surface area contributed by atoms with E-state index in [0.717, 1.165) is 4.88 Å². The summed E-state index contributed by atoms with van der Waals surface area (Å²) in [6, 6.07) is 2.36. The van der Waals surface area contributed by atoms with E-state index >= 15 is 0 Å². The van der Waals surface area contributed by atoms with Crippen molar-refractivity contribution in [3.63, 3.8) is 0 Å². The molecule has 0 fully saturated rings. The zero-order chi connectivity index (χ0) is 15.1. The van der Waals surface area contributed by atoms with Crippen molar-refractivity contribution >= 4 is 52.5 Å². The standard InChI is InChI=1S/C11H13ClN2O4S2/c12-8-2-1-6(20-8)4-19-5-10(16)14-7(11(17)18)3-9(13)15/h1-2,7H,3-5H2,(H2,13,15)(H,14,16)(H,17,18)/t7-/m1/s1. The SMILES string of the molecule is NC(=O)C[C@@H](NC(=O)CSCc1ccc(Cl)s1)C(=O)O. The number of aliphatic carboxylic acids is 1. The lowest BCUT2D eigenvalue weighted by Crippen LogP contribution is -2.44. The largest absolute Gasteiger partial charge is 0.480 e. The number of nitrogens with two attached hydrogens (primary N) is 1. The predicted molar refractivity (Wildman–Crippen MR) is 78.9 cm³/mol. The molecule has 0 aliphatic heterocycles. The van der Waals surface area contributed by atoms with Crippen molar-refractivity contribution < 1.29 is 19.5 Å². The molecule has 0 aromatic carbocycles. The Morgan fingerprint density at radius 1 is 1.45 bits per heavy atom. The molecule has 2 amide bonds. The van der Waals surface area contributed by atoms with E-state index in [2.05, 4.69) is 5.32 Å². The number of nitrogens with one attached hydrogen (secondary N) is 1. The summed E-state index contributed by atoms with van der Waals surface area (Å²) in [6.07, 6.45) is -0.424. The van der Waals surface area contributed by atoms with E-state index in [1.54, 1.807) is 6.07 Å². The third-order valence-corrected chi connectivity index (χ3v) is 4.54. The van der Waals surface area contributed by atoms with Crippen LogP contribution in [0.5, 0.6) is 0 Å². The number of carboxylic acid groups (broad SMARTS) is 1. The molecule has 1 atom stereocenters. The van der Waals surface area contributed by atoms with Gasteiger partial charge in [0.2, 0.25) is 11.8 Å². The van der Waals surface area contributed by atoms with Crippen molar-refractivity contribution in [2.75, 3.05) is 5.75 Å². The highest BCUT2D eigenvalue weighted by atomic mass is 35.5. The van der Waals surface area contributed by atoms with Gasteiger partial charge in [0.15, 0.2) is 0 Å². The molecule has 0 radical (unpaired) electrons. The van der Waals surface area contributed by atoms with Crippen molar-refractivity contribution in [2.45, 2.75) is 18.2 Å². The maximum absolute atomic E-state index is 11.6. The van der Waals surface area contributed by atoms with Crippen LogP contribution in [0.15, 0.2) is 12.1 Å². The van der Waals surface area contributed by atoms with Crippen molar-refractivity contribution in [3.8, 4) is 0 Å². The molecule has 0 unspecified atom stereocenters. The van der Waals surface area contributed by atoms with Gasteiger partial charge < -0.3 is 16.2 Å². The van der Waals surface area contributed by atoms with E-state index < -0.39 is 30.2 Å². The average Bonchev–Trinajstić information content (AvgIpc) is 2.73. The average molecular weight is 337 g/mol. The van der Waals surface area contributed by atoms with Crippen molar-refractivity contribution in [2.24, 2.45) is 5.73 Å². The molecule has 1 rings (SSSR count). The first-order chi connectivity index (χ1) is 9.38. The fourth-order valence-corrected chi connectivity index (χ4v) is 3.35. The molecule has 1 aromatic rings. The summed E-state index contributed by atoms with van der Waals surface area (Å²) >= 11 is 8.53. The number of amides is 2. The molecule has 1 aromatic heterocycles. The quantitative estimate of drug-likeness (QED) is 0.658. The number of rotatable bonds is 8. The number of halogens is 1. The number of carboxylic acids is 1. The van der Waals surface area contributed by atoms with Crippen molar-refractivity contribution in [3.05, 3.63) is 21.3 Å². The Hall–Kier alpha value is -1.25. The summed E-state index contributed by atoms with van der Waals surface area (Å²) in [5, 5.41) is 11.1. The molecule has 1 heterocycles. The van der Waals surface area contributed by atoms with Crippen molar-refractivity contribution in [1.82, 2.24) is 5.32 Å². The highest BCUT2D eigenvalue weighted by Crippen LogP contribution is 2.24. The van der Waals surface area contributed by atoms with Crippen LogP contribution in [0.4, 0.5) is 0 Å². The van der Waals surface area contributed by atoms with Gasteiger partial charge in [-0.15, -0.1) is 23.1 Å². The number of hydrogen-bond acceptors (Lipinski definition) is 5. The normalized spacial score (nSPS) is 11.8. The number of carbonyl (C=O) groups is 3. The van der Waals surface area contributed by atoms with Crippen molar-refractivity contribution in [1.29, 1.82) is 0 Å². The van der Waals surface area contributed by atoms with Crippen LogP contribution in [0.3, 0.4) is 0 Å². The first-order valence-electron chi connectivity index (χ1n) is 5.51. The monoisotopic (exact) mass is 336 g/mol. The van der Waals surface area contributed by atoms with E-state index in [0.29, 0.717) is 10.1 Å². The van der Waals surface area contributed by atoms with E-state index in [1.165, 1.54) is 23.1 Å². The molecule has 6 nitrogen and oxygen atoms in total. The molecular weight excluding hydrogens is 324 g/mol. The van der Waals surface area contributed by atoms with Gasteiger partial charge in [-0.2, -0.15) is 0 Å². The molecule has 4 N–H and O–H groups in total. The van der Waals surface area contributed by atoms with E-state index in [1.807, 2.05) is 6.07 Å². The molecule has 0 saturated heterocycles. The fraction of sp³-hybridized carbons (Fsp3) is 0.364. The summed E-state index contributed by atoms with van der Waals surface area (Å²) < 4.78 is 0.678. The number of carbonyl (C=O) groups excluding carboxylic acids is 2. The topological polar surface area (TPSA) is 109 Å². The first-order valence-corrected chi connectivity index (χ1v) is 7.86. The van der Waals surface area contributed by atoms with E-state index in [4.69, 9.17) is 22.4 Å². The molecular formula is C11H13ClN2O4S2. The number of hydrogen-bond donors (Lipinski definition) is 3. The van der Waals surface area contributed by atoms with Gasteiger partial charge in [-0.1, -0.05) is 11.6 Å². The lowest BCUT2D eigenvalue weighted by Gasteiger charge is -2.12. The molecule has 0 spiro atoms. The minimum Gasteiger partial charge on any atom is -0.480 e. The second-order valence-electron chi connectivity index (χ2n) is 3.83. The summed E-state index contributed by atoms with van der Waals surface area (Å²) in [7, 11) is 0. The third kappa shape index (κ3) is 6.27. The smallest absolute Gasteiger partial charge is 0.326 e. The number of thioether (sulfide) groups is 1. The lowest BCUT2D eigenvalue weighted by molar-refractivity contribution is -0.143. The van der Waals surface area contributed by atoms with Crippen LogP contribution in [0.1, 0.15) is 11.3 Å². The second-order valence-corrected chi connectivity index (χ2v) is 6.61. The van der Waals surface area contributed by atoms with Crippen LogP contribution in [-0.4, -0.2) is 34.7 Å². The molecule has 0 aliphatic carbocycles. The Morgan fingerprint density at radius 2 is 2.15 bits per heavy atom. The van der Waals surface area contributed by atoms with Crippen LogP contribution in [-0.2, 0) is 20.1 Å². The first kappa shape index (κ1) is 16.8. The van der Waals surface area contributed by atoms with Gasteiger partial charge in [0.05, 0.1) is 16.5 Å². The van der Waals surface area contributed by atoms with Gasteiger partial charge in [-0.25, -0.2) is 4.79 Å². The molecule has 0 aliphatic rings. The van der Waals surface area contributed by atoms with Gasteiger partial charge in [0.25, 0.3) is 0 Å². The van der Waals surface area contributed by atoms with Crippen LogP contribution in [0.25, 0.3) is 0 Å². The highest BCUT2D eigenvalue weighted by molar-refractivity contribution is 7.99. The summed E-state index contributed by atoms with van der Waals surface area (Å²) in [5.74, 6) is -1.81. The fourth-order valence-electron chi connectivity index (χ4n) is 1.31. The minimum atomic E-state index is -1.29. The highest BCUT2D eigenvalue weighted by Gasteiger charge is 2.21. The molecule has 9 heteroatoms. The van der Waals surface area contributed by atoms with E-state index in [-0.39, 0.29) is 5.75 Å². The van der Waals surface area contributed by atoms with Crippen LogP contribution in [0.2, 0.25) is 4.34 Å². The summed E-state index contributed by atoms with van der Waals surface area (Å²) in [6.45, 7) is 0. The second kappa shape index (κ2) is 8.13. The molecule has 0 bridgehead atoms. The summed E-state index contributed by atoms with van der Waals surface area (Å²) in [4.78, 5) is 34.1. The Bertz CT molecular complexity index is 506. The lowest BCUT2D eigenvalue weighted by atomic mass is 10.2.